The second-order valence-electron chi connectivity index (χ2n) is 8.87. The van der Waals surface area contributed by atoms with Crippen LogP contribution in [-0.4, -0.2) is 67.7 Å². The van der Waals surface area contributed by atoms with Crippen molar-refractivity contribution >= 4 is 27.7 Å². The molecule has 8 nitrogen and oxygen atoms in total. The van der Waals surface area contributed by atoms with Gasteiger partial charge in [-0.15, -0.1) is 6.58 Å². The SMILES string of the molecule is C=CC[C@]1(C(=O)NNCCCN(C)C)N=C(c2ccc(OCCCO)cc2)O[C@H]1c1ccc(Br)cc1. The third-order valence-corrected chi connectivity index (χ3v) is 6.30. The number of hydrazine groups is 1. The smallest absolute Gasteiger partial charge is 0.266 e. The minimum Gasteiger partial charge on any atom is -0.494 e. The molecule has 3 rings (SSSR count). The molecule has 194 valence electrons. The van der Waals surface area contributed by atoms with Crippen molar-refractivity contribution in [3.05, 3.63) is 76.8 Å². The summed E-state index contributed by atoms with van der Waals surface area (Å²) < 4.78 is 12.9. The summed E-state index contributed by atoms with van der Waals surface area (Å²) in [5.74, 6) is 0.792. The van der Waals surface area contributed by atoms with E-state index in [0.717, 1.165) is 28.6 Å². The van der Waals surface area contributed by atoms with Gasteiger partial charge in [0.15, 0.2) is 11.6 Å². The zero-order valence-corrected chi connectivity index (χ0v) is 22.5. The zero-order valence-electron chi connectivity index (χ0n) is 20.9. The number of aliphatic hydroxyl groups excluding tert-OH is 1. The Labute approximate surface area is 221 Å². The molecule has 9 heteroatoms. The highest BCUT2D eigenvalue weighted by Gasteiger charge is 2.52. The highest BCUT2D eigenvalue weighted by molar-refractivity contribution is 9.10. The van der Waals surface area contributed by atoms with Crippen molar-refractivity contribution in [2.45, 2.75) is 30.9 Å². The van der Waals surface area contributed by atoms with Crippen LogP contribution in [0.2, 0.25) is 0 Å². The molecule has 0 unspecified atom stereocenters. The standard InChI is InChI=1S/C27H35BrN4O4/c1-4-15-27(26(34)31-29-16-5-17-32(2)3)24(20-7-11-22(28)12-8-20)36-25(30-27)21-9-13-23(14-10-21)35-19-6-18-33/h4,7-14,24,29,33H,1,5-6,15-19H2,2-3H3,(H,31,34)/t24-,27-/m0/s1. The van der Waals surface area contributed by atoms with Crippen molar-refractivity contribution in [2.24, 2.45) is 4.99 Å². The quantitative estimate of drug-likeness (QED) is 0.186. The van der Waals surface area contributed by atoms with E-state index < -0.39 is 11.6 Å². The number of amides is 1. The van der Waals surface area contributed by atoms with Gasteiger partial charge in [-0.25, -0.2) is 10.4 Å². The monoisotopic (exact) mass is 558 g/mol. The summed E-state index contributed by atoms with van der Waals surface area (Å²) in [4.78, 5) is 20.6. The van der Waals surface area contributed by atoms with E-state index in [1.165, 1.54) is 0 Å². The van der Waals surface area contributed by atoms with Crippen LogP contribution in [0.3, 0.4) is 0 Å². The van der Waals surface area contributed by atoms with Crippen LogP contribution in [0.1, 0.15) is 36.5 Å². The highest BCUT2D eigenvalue weighted by atomic mass is 79.9. The first kappa shape index (κ1) is 27.9. The predicted molar refractivity (Wildman–Crippen MR) is 145 cm³/mol. The van der Waals surface area contributed by atoms with Gasteiger partial charge >= 0.3 is 0 Å². The first-order chi connectivity index (χ1) is 17.4. The third kappa shape index (κ3) is 7.16. The van der Waals surface area contributed by atoms with Crippen molar-refractivity contribution in [1.82, 2.24) is 15.8 Å². The van der Waals surface area contributed by atoms with E-state index in [1.807, 2.05) is 62.6 Å². The molecule has 0 spiro atoms. The molecule has 2 aromatic rings. The molecule has 0 bridgehead atoms. The molecular formula is C27H35BrN4O4. The number of carbonyl (C=O) groups is 1. The maximum absolute atomic E-state index is 13.6. The van der Waals surface area contributed by atoms with Gasteiger partial charge in [0.05, 0.1) is 6.61 Å². The molecule has 2 atom stereocenters. The Bertz CT molecular complexity index is 1030. The van der Waals surface area contributed by atoms with E-state index in [1.54, 1.807) is 6.08 Å². The van der Waals surface area contributed by atoms with Gasteiger partial charge in [0.1, 0.15) is 5.75 Å². The second kappa shape index (κ2) is 13.5. The topological polar surface area (TPSA) is 95.4 Å². The fourth-order valence-corrected chi connectivity index (χ4v) is 4.17. The molecule has 1 heterocycles. The normalized spacial score (nSPS) is 19.0. The Hall–Kier alpha value is -2.72. The van der Waals surface area contributed by atoms with Crippen LogP contribution in [0.5, 0.6) is 5.75 Å². The third-order valence-electron chi connectivity index (χ3n) is 5.77. The van der Waals surface area contributed by atoms with Gasteiger partial charge in [-0.3, -0.25) is 10.2 Å². The number of nitrogens with one attached hydrogen (secondary N) is 2. The lowest BCUT2D eigenvalue weighted by atomic mass is 9.84. The van der Waals surface area contributed by atoms with Crippen LogP contribution in [0.15, 0.2) is 70.7 Å². The maximum Gasteiger partial charge on any atom is 0.266 e. The lowest BCUT2D eigenvalue weighted by molar-refractivity contribution is -0.129. The maximum atomic E-state index is 13.6. The molecule has 1 aliphatic heterocycles. The van der Waals surface area contributed by atoms with E-state index in [-0.39, 0.29) is 12.5 Å². The van der Waals surface area contributed by atoms with Gasteiger partial charge in [0.2, 0.25) is 5.90 Å². The second-order valence-corrected chi connectivity index (χ2v) is 9.79. The lowest BCUT2D eigenvalue weighted by Gasteiger charge is -2.29. The largest absolute Gasteiger partial charge is 0.494 e. The first-order valence-corrected chi connectivity index (χ1v) is 12.8. The molecule has 3 N–H and O–H groups in total. The molecule has 36 heavy (non-hydrogen) atoms. The number of benzene rings is 2. The molecule has 1 amide bonds. The van der Waals surface area contributed by atoms with Gasteiger partial charge < -0.3 is 19.5 Å². The number of nitrogens with zero attached hydrogens (tertiary/aromatic N) is 2. The predicted octanol–water partition coefficient (Wildman–Crippen LogP) is 3.62. The van der Waals surface area contributed by atoms with E-state index in [9.17, 15) is 4.79 Å². The van der Waals surface area contributed by atoms with Crippen LogP contribution in [-0.2, 0) is 9.53 Å². The van der Waals surface area contributed by atoms with Gasteiger partial charge in [-0.05, 0) is 69.0 Å². The van der Waals surface area contributed by atoms with Crippen LogP contribution in [0.25, 0.3) is 0 Å². The molecule has 0 aliphatic carbocycles. The van der Waals surface area contributed by atoms with E-state index in [4.69, 9.17) is 19.6 Å². The summed E-state index contributed by atoms with van der Waals surface area (Å²) >= 11 is 3.47. The summed E-state index contributed by atoms with van der Waals surface area (Å²) in [5.41, 5.74) is 6.25. The Morgan fingerprint density at radius 2 is 1.94 bits per heavy atom. The number of halogens is 1. The average Bonchev–Trinajstić information content (AvgIpc) is 3.25. The minimum atomic E-state index is -1.23. The molecule has 1 aliphatic rings. The summed E-state index contributed by atoms with van der Waals surface area (Å²) in [6.07, 6.45) is 2.81. The average molecular weight is 560 g/mol. The van der Waals surface area contributed by atoms with Crippen molar-refractivity contribution in [3.8, 4) is 5.75 Å². The number of carbonyl (C=O) groups excluding carboxylic acids is 1. The molecule has 0 radical (unpaired) electrons. The Morgan fingerprint density at radius 1 is 1.22 bits per heavy atom. The number of hydrogen-bond acceptors (Lipinski definition) is 7. The van der Waals surface area contributed by atoms with Crippen LogP contribution < -0.4 is 15.6 Å². The van der Waals surface area contributed by atoms with E-state index in [2.05, 4.69) is 38.3 Å². The summed E-state index contributed by atoms with van der Waals surface area (Å²) in [7, 11) is 4.03. The van der Waals surface area contributed by atoms with Crippen molar-refractivity contribution in [1.29, 1.82) is 0 Å². The molecule has 0 fully saturated rings. The minimum absolute atomic E-state index is 0.0815. The molecule has 0 saturated carbocycles. The summed E-state index contributed by atoms with van der Waals surface area (Å²) in [6, 6.07) is 15.1. The molecular weight excluding hydrogens is 524 g/mol. The highest BCUT2D eigenvalue weighted by Crippen LogP contribution is 2.42. The fourth-order valence-electron chi connectivity index (χ4n) is 3.91. The number of aliphatic hydroxyl groups is 1. The van der Waals surface area contributed by atoms with Gasteiger partial charge in [-0.1, -0.05) is 34.1 Å². The van der Waals surface area contributed by atoms with E-state index in [0.29, 0.717) is 37.6 Å². The number of ether oxygens (including phenoxy) is 2. The Balaban J connectivity index is 1.87. The van der Waals surface area contributed by atoms with Crippen LogP contribution in [0, 0.1) is 0 Å². The molecule has 0 saturated heterocycles. The zero-order chi connectivity index (χ0) is 26.0. The number of aliphatic imine (C=N–C) groups is 1. The van der Waals surface area contributed by atoms with Gasteiger partial charge in [0, 0.05) is 36.0 Å². The van der Waals surface area contributed by atoms with Crippen molar-refractivity contribution in [2.75, 3.05) is 40.4 Å². The van der Waals surface area contributed by atoms with Crippen LogP contribution in [0.4, 0.5) is 0 Å². The van der Waals surface area contributed by atoms with E-state index >= 15 is 0 Å². The Kier molecular flexibility index (Phi) is 10.5. The number of rotatable bonds is 14. The lowest BCUT2D eigenvalue weighted by Crippen LogP contribution is -2.52. The van der Waals surface area contributed by atoms with Crippen molar-refractivity contribution < 1.29 is 19.4 Å². The van der Waals surface area contributed by atoms with Crippen molar-refractivity contribution in [3.63, 3.8) is 0 Å². The van der Waals surface area contributed by atoms with Crippen LogP contribution >= 0.6 is 15.9 Å². The van der Waals surface area contributed by atoms with Gasteiger partial charge in [-0.2, -0.15) is 0 Å². The Morgan fingerprint density at radius 3 is 2.58 bits per heavy atom. The summed E-state index contributed by atoms with van der Waals surface area (Å²) in [5, 5.41) is 8.95. The first-order valence-electron chi connectivity index (χ1n) is 12.0. The summed E-state index contributed by atoms with van der Waals surface area (Å²) in [6.45, 7) is 5.95. The van der Waals surface area contributed by atoms with Gasteiger partial charge in [0.25, 0.3) is 5.91 Å². The molecule has 2 aromatic carbocycles. The fraction of sp³-hybridized carbons (Fsp3) is 0.407. The molecule has 0 aromatic heterocycles. The number of hydrogen-bond donors (Lipinski definition) is 3.